The first-order valence-corrected chi connectivity index (χ1v) is 10.2. The van der Waals surface area contributed by atoms with Crippen LogP contribution in [0.15, 0.2) is 36.5 Å². The van der Waals surface area contributed by atoms with Gasteiger partial charge in [0.1, 0.15) is 12.4 Å². The second-order valence-corrected chi connectivity index (χ2v) is 7.59. The molecule has 2 aromatic carbocycles. The molecule has 5 rings (SSSR count). The van der Waals surface area contributed by atoms with E-state index in [1.165, 1.54) is 11.3 Å². The van der Waals surface area contributed by atoms with Gasteiger partial charge >= 0.3 is 0 Å². The molecule has 31 heavy (non-hydrogen) atoms. The summed E-state index contributed by atoms with van der Waals surface area (Å²) in [6.45, 7) is 0.481. The van der Waals surface area contributed by atoms with E-state index < -0.39 is 0 Å². The third-order valence-electron chi connectivity index (χ3n) is 4.84. The van der Waals surface area contributed by atoms with E-state index in [9.17, 15) is 0 Å². The van der Waals surface area contributed by atoms with Crippen LogP contribution >= 0.6 is 11.3 Å². The van der Waals surface area contributed by atoms with E-state index in [-0.39, 0.29) is 13.4 Å². The van der Waals surface area contributed by atoms with Gasteiger partial charge in [-0.25, -0.2) is 0 Å². The largest absolute Gasteiger partial charge is 0.493 e. The highest BCUT2D eigenvalue weighted by molar-refractivity contribution is 7.20. The molecule has 0 saturated carbocycles. The minimum absolute atomic E-state index is 0.224. The van der Waals surface area contributed by atoms with Gasteiger partial charge in [-0.05, 0) is 24.3 Å². The fourth-order valence-electron chi connectivity index (χ4n) is 3.32. The Labute approximate surface area is 181 Å². The summed E-state index contributed by atoms with van der Waals surface area (Å²) in [7, 11) is 4.77. The number of ether oxygens (including phenoxy) is 6. The number of nitrogens with zero attached hydrogens (tertiary/aromatic N) is 3. The van der Waals surface area contributed by atoms with Crippen LogP contribution in [0, 0.1) is 0 Å². The maximum absolute atomic E-state index is 5.89. The number of benzene rings is 2. The molecule has 10 heteroatoms. The highest BCUT2D eigenvalue weighted by atomic mass is 32.1. The Morgan fingerprint density at radius 3 is 2.48 bits per heavy atom. The minimum Gasteiger partial charge on any atom is -0.493 e. The van der Waals surface area contributed by atoms with Crippen LogP contribution in [-0.4, -0.2) is 42.7 Å². The third-order valence-corrected chi connectivity index (χ3v) is 5.87. The molecule has 0 N–H and O–H groups in total. The van der Waals surface area contributed by atoms with Crippen LogP contribution in [0.2, 0.25) is 0 Å². The van der Waals surface area contributed by atoms with E-state index >= 15 is 0 Å². The molecule has 0 radical (unpaired) electrons. The second kappa shape index (κ2) is 7.88. The molecule has 0 unspecified atom stereocenters. The Kier molecular flexibility index (Phi) is 4.91. The van der Waals surface area contributed by atoms with Crippen molar-refractivity contribution in [2.24, 2.45) is 0 Å². The van der Waals surface area contributed by atoms with Crippen molar-refractivity contribution in [2.75, 3.05) is 28.1 Å². The molecule has 9 nitrogen and oxygen atoms in total. The van der Waals surface area contributed by atoms with E-state index in [4.69, 9.17) is 28.4 Å². The van der Waals surface area contributed by atoms with E-state index in [1.807, 2.05) is 34.9 Å². The van der Waals surface area contributed by atoms with Crippen LogP contribution in [0.1, 0.15) is 5.82 Å². The summed E-state index contributed by atoms with van der Waals surface area (Å²) >= 11 is 1.51. The van der Waals surface area contributed by atoms with Gasteiger partial charge in [-0.3, -0.25) is 4.40 Å². The quantitative estimate of drug-likeness (QED) is 0.428. The lowest BCUT2D eigenvalue weighted by atomic mass is 10.1. The van der Waals surface area contributed by atoms with Crippen LogP contribution < -0.4 is 28.4 Å². The molecule has 1 aliphatic heterocycles. The number of hydrogen-bond donors (Lipinski definition) is 0. The molecule has 160 valence electrons. The second-order valence-electron chi connectivity index (χ2n) is 6.58. The smallest absolute Gasteiger partial charge is 0.231 e. The van der Waals surface area contributed by atoms with E-state index in [0.29, 0.717) is 40.3 Å². The lowest BCUT2D eigenvalue weighted by Crippen LogP contribution is -2.00. The summed E-state index contributed by atoms with van der Waals surface area (Å²) in [5, 5.41) is 8.52. The van der Waals surface area contributed by atoms with Crippen molar-refractivity contribution in [3.8, 4) is 44.9 Å². The van der Waals surface area contributed by atoms with Crippen LogP contribution in [0.5, 0.6) is 34.5 Å². The zero-order valence-electron chi connectivity index (χ0n) is 17.1. The van der Waals surface area contributed by atoms with Crippen molar-refractivity contribution >= 4 is 16.3 Å². The van der Waals surface area contributed by atoms with Crippen molar-refractivity contribution < 1.29 is 28.4 Å². The molecule has 0 fully saturated rings. The SMILES string of the molecule is COc1cc(-c2cn3c(COc4ccc5c(c4)OCO5)nnc3s2)cc(OC)c1OC. The number of rotatable bonds is 7. The summed E-state index contributed by atoms with van der Waals surface area (Å²) in [5.74, 6) is 4.46. The zero-order chi connectivity index (χ0) is 21.4. The Morgan fingerprint density at radius 2 is 1.74 bits per heavy atom. The molecule has 0 saturated heterocycles. The summed E-state index contributed by atoms with van der Waals surface area (Å²) in [4.78, 5) is 1.74. The fourth-order valence-corrected chi connectivity index (χ4v) is 4.25. The predicted octanol–water partition coefficient (Wildman–Crippen LogP) is 3.79. The van der Waals surface area contributed by atoms with Crippen molar-refractivity contribution in [1.29, 1.82) is 0 Å². The maximum Gasteiger partial charge on any atom is 0.231 e. The standard InChI is InChI=1S/C21H19N3O6S/c1-25-16-6-12(7-17(26-2)20(16)27-3)18-9-24-19(22-23-21(24)31-18)10-28-13-4-5-14-15(8-13)30-11-29-14/h4-9H,10-11H2,1-3H3. The highest BCUT2D eigenvalue weighted by Gasteiger charge is 2.18. The number of aromatic nitrogens is 3. The van der Waals surface area contributed by atoms with Crippen molar-refractivity contribution in [1.82, 2.24) is 14.6 Å². The fraction of sp³-hybridized carbons (Fsp3) is 0.238. The van der Waals surface area contributed by atoms with E-state index in [0.717, 1.165) is 15.4 Å². The van der Waals surface area contributed by atoms with Crippen LogP contribution in [0.4, 0.5) is 0 Å². The van der Waals surface area contributed by atoms with Crippen LogP contribution in [0.3, 0.4) is 0 Å². The van der Waals surface area contributed by atoms with Crippen molar-refractivity contribution in [3.63, 3.8) is 0 Å². The first-order chi connectivity index (χ1) is 15.2. The zero-order valence-corrected chi connectivity index (χ0v) is 17.9. The van der Waals surface area contributed by atoms with Gasteiger partial charge < -0.3 is 28.4 Å². The van der Waals surface area contributed by atoms with E-state index in [1.54, 1.807) is 27.4 Å². The number of thiazole rings is 1. The van der Waals surface area contributed by atoms with Gasteiger partial charge in [0.2, 0.25) is 17.5 Å². The average molecular weight is 441 g/mol. The molecule has 0 aliphatic carbocycles. The van der Waals surface area contributed by atoms with Crippen LogP contribution in [0.25, 0.3) is 15.4 Å². The Morgan fingerprint density at radius 1 is 0.968 bits per heavy atom. The Hall–Kier alpha value is -3.66. The molecule has 0 spiro atoms. The lowest BCUT2D eigenvalue weighted by molar-refractivity contribution is 0.173. The summed E-state index contributed by atoms with van der Waals surface area (Å²) in [5.41, 5.74) is 0.924. The molecule has 4 aromatic rings. The third kappa shape index (κ3) is 3.44. The van der Waals surface area contributed by atoms with Gasteiger partial charge in [0.15, 0.2) is 28.8 Å². The molecule has 1 aliphatic rings. The molecule has 3 heterocycles. The maximum atomic E-state index is 5.89. The summed E-state index contributed by atoms with van der Waals surface area (Å²) < 4.78 is 34.9. The molecular weight excluding hydrogens is 422 g/mol. The van der Waals surface area contributed by atoms with Crippen LogP contribution in [-0.2, 0) is 6.61 Å². The first-order valence-electron chi connectivity index (χ1n) is 9.36. The number of methoxy groups -OCH3 is 3. The van der Waals surface area contributed by atoms with Gasteiger partial charge in [-0.2, -0.15) is 0 Å². The van der Waals surface area contributed by atoms with Gasteiger partial charge in [-0.1, -0.05) is 11.3 Å². The number of fused-ring (bicyclic) bond motifs is 2. The predicted molar refractivity (Wildman–Crippen MR) is 113 cm³/mol. The molecule has 2 aromatic heterocycles. The molecule has 0 atom stereocenters. The normalized spacial score (nSPS) is 12.2. The van der Waals surface area contributed by atoms with Crippen molar-refractivity contribution in [2.45, 2.75) is 6.61 Å². The molecule has 0 bridgehead atoms. The lowest BCUT2D eigenvalue weighted by Gasteiger charge is -2.13. The minimum atomic E-state index is 0.224. The van der Waals surface area contributed by atoms with Crippen molar-refractivity contribution in [3.05, 3.63) is 42.4 Å². The first kappa shape index (κ1) is 19.3. The number of hydrogen-bond acceptors (Lipinski definition) is 9. The van der Waals surface area contributed by atoms with Gasteiger partial charge in [0.05, 0.1) is 26.2 Å². The van der Waals surface area contributed by atoms with Gasteiger partial charge in [-0.15, -0.1) is 10.2 Å². The van der Waals surface area contributed by atoms with Gasteiger partial charge in [0.25, 0.3) is 0 Å². The topological polar surface area (TPSA) is 85.6 Å². The van der Waals surface area contributed by atoms with E-state index in [2.05, 4.69) is 10.2 Å². The van der Waals surface area contributed by atoms with Gasteiger partial charge in [0, 0.05) is 17.8 Å². The molecule has 0 amide bonds. The summed E-state index contributed by atoms with van der Waals surface area (Å²) in [6.07, 6.45) is 1.97. The molecular formula is C21H19N3O6S. The highest BCUT2D eigenvalue weighted by Crippen LogP contribution is 2.42. The Bertz CT molecular complexity index is 1230. The summed E-state index contributed by atoms with van der Waals surface area (Å²) in [6, 6.07) is 9.27. The Balaban J connectivity index is 1.42. The monoisotopic (exact) mass is 441 g/mol. The average Bonchev–Trinajstić information content (AvgIpc) is 3.52.